The number of amides is 2. The van der Waals surface area contributed by atoms with Crippen LogP contribution in [0.3, 0.4) is 0 Å². The highest BCUT2D eigenvalue weighted by Crippen LogP contribution is 2.16. The molecule has 3 aromatic carbocycles. The van der Waals surface area contributed by atoms with Gasteiger partial charge in [0.05, 0.1) is 6.21 Å². The summed E-state index contributed by atoms with van der Waals surface area (Å²) in [6.45, 7) is 1.70. The molecule has 2 amide bonds. The van der Waals surface area contributed by atoms with Crippen LogP contribution >= 0.6 is 0 Å². The number of carbonyl (C=O) groups excluding carboxylic acids is 2. The van der Waals surface area contributed by atoms with E-state index in [1.165, 1.54) is 30.5 Å². The molecule has 0 bridgehead atoms. The highest BCUT2D eigenvalue weighted by Gasteiger charge is 2.07. The van der Waals surface area contributed by atoms with Gasteiger partial charge >= 0.3 is 0 Å². The van der Waals surface area contributed by atoms with E-state index in [0.29, 0.717) is 22.6 Å². The van der Waals surface area contributed by atoms with Gasteiger partial charge < -0.3 is 10.1 Å². The molecule has 7 heteroatoms. The number of ether oxygens (including phenoxy) is 1. The third-order valence-corrected chi connectivity index (χ3v) is 4.09. The van der Waals surface area contributed by atoms with Gasteiger partial charge in [-0.1, -0.05) is 29.8 Å². The molecule has 0 aliphatic carbocycles. The lowest BCUT2D eigenvalue weighted by atomic mass is 10.1. The van der Waals surface area contributed by atoms with Gasteiger partial charge in [-0.3, -0.25) is 9.59 Å². The topological polar surface area (TPSA) is 79.8 Å². The Bertz CT molecular complexity index is 1050. The SMILES string of the molecule is Cc1ccc(C(=O)N/N=C/c2ccccc2OCC(=O)Nc2ccc(F)cc2)cc1. The van der Waals surface area contributed by atoms with Gasteiger partial charge in [-0.25, -0.2) is 9.82 Å². The van der Waals surface area contributed by atoms with Gasteiger partial charge in [0.15, 0.2) is 6.61 Å². The van der Waals surface area contributed by atoms with E-state index in [1.54, 1.807) is 36.4 Å². The van der Waals surface area contributed by atoms with Crippen molar-refractivity contribution < 1.29 is 18.7 Å². The lowest BCUT2D eigenvalue weighted by molar-refractivity contribution is -0.118. The van der Waals surface area contributed by atoms with Crippen molar-refractivity contribution >= 4 is 23.7 Å². The fourth-order valence-electron chi connectivity index (χ4n) is 2.52. The molecule has 6 nitrogen and oxygen atoms in total. The van der Waals surface area contributed by atoms with Crippen LogP contribution in [0.5, 0.6) is 5.75 Å². The third kappa shape index (κ3) is 6.00. The maximum Gasteiger partial charge on any atom is 0.271 e. The zero-order valence-corrected chi connectivity index (χ0v) is 16.3. The van der Waals surface area contributed by atoms with Gasteiger partial charge in [-0.15, -0.1) is 0 Å². The number of benzene rings is 3. The highest BCUT2D eigenvalue weighted by molar-refractivity contribution is 5.95. The number of halogens is 1. The molecule has 30 heavy (non-hydrogen) atoms. The molecule has 0 aromatic heterocycles. The minimum absolute atomic E-state index is 0.238. The Labute approximate surface area is 173 Å². The first-order chi connectivity index (χ1) is 14.5. The Hall–Kier alpha value is -4.00. The Morgan fingerprint density at radius 1 is 1.00 bits per heavy atom. The van der Waals surface area contributed by atoms with Crippen LogP contribution in [0.2, 0.25) is 0 Å². The Balaban J connectivity index is 1.56. The summed E-state index contributed by atoms with van der Waals surface area (Å²) in [6.07, 6.45) is 1.44. The quantitative estimate of drug-likeness (QED) is 0.462. The summed E-state index contributed by atoms with van der Waals surface area (Å²) in [6, 6.07) is 19.5. The molecule has 0 unspecified atom stereocenters. The van der Waals surface area contributed by atoms with Crippen LogP contribution in [0.4, 0.5) is 10.1 Å². The zero-order chi connectivity index (χ0) is 21.3. The lowest BCUT2D eigenvalue weighted by Gasteiger charge is -2.09. The number of hydrogen-bond acceptors (Lipinski definition) is 4. The van der Waals surface area contributed by atoms with Crippen molar-refractivity contribution in [2.75, 3.05) is 11.9 Å². The number of carbonyl (C=O) groups is 2. The van der Waals surface area contributed by atoms with E-state index in [0.717, 1.165) is 5.56 Å². The molecule has 0 atom stereocenters. The largest absolute Gasteiger partial charge is 0.483 e. The van der Waals surface area contributed by atoms with Crippen LogP contribution in [-0.4, -0.2) is 24.6 Å². The van der Waals surface area contributed by atoms with Crippen LogP contribution < -0.4 is 15.5 Å². The van der Waals surface area contributed by atoms with Gasteiger partial charge in [0.1, 0.15) is 11.6 Å². The van der Waals surface area contributed by atoms with Crippen molar-refractivity contribution in [3.05, 3.63) is 95.3 Å². The summed E-state index contributed by atoms with van der Waals surface area (Å²) in [4.78, 5) is 24.2. The standard InChI is InChI=1S/C23H20FN3O3/c1-16-6-8-17(9-7-16)23(29)27-25-14-18-4-2-3-5-21(18)30-15-22(28)26-20-12-10-19(24)11-13-20/h2-14H,15H2,1H3,(H,26,28)(H,27,29)/b25-14+. The van der Waals surface area contributed by atoms with E-state index in [-0.39, 0.29) is 24.2 Å². The van der Waals surface area contributed by atoms with Crippen LogP contribution in [0.25, 0.3) is 0 Å². The van der Waals surface area contributed by atoms with Crippen LogP contribution in [0.1, 0.15) is 21.5 Å². The van der Waals surface area contributed by atoms with Crippen molar-refractivity contribution in [1.29, 1.82) is 0 Å². The first kappa shape index (κ1) is 20.7. The predicted molar refractivity (Wildman–Crippen MR) is 113 cm³/mol. The number of rotatable bonds is 7. The third-order valence-electron chi connectivity index (χ3n) is 4.09. The van der Waals surface area contributed by atoms with Crippen molar-refractivity contribution in [2.24, 2.45) is 5.10 Å². The molecule has 0 saturated carbocycles. The molecule has 0 saturated heterocycles. The van der Waals surface area contributed by atoms with E-state index >= 15 is 0 Å². The molecule has 0 fully saturated rings. The Kier molecular flexibility index (Phi) is 6.89. The average Bonchev–Trinajstić information content (AvgIpc) is 2.75. The predicted octanol–water partition coefficient (Wildman–Crippen LogP) is 3.92. The maximum atomic E-state index is 12.9. The van der Waals surface area contributed by atoms with Crippen molar-refractivity contribution in [3.63, 3.8) is 0 Å². The second-order valence-electron chi connectivity index (χ2n) is 6.45. The van der Waals surface area contributed by atoms with Crippen molar-refractivity contribution in [1.82, 2.24) is 5.43 Å². The van der Waals surface area contributed by atoms with E-state index in [4.69, 9.17) is 4.74 Å². The molecule has 0 spiro atoms. The molecule has 0 aliphatic rings. The van der Waals surface area contributed by atoms with Gasteiger partial charge in [-0.05, 0) is 55.5 Å². The minimum atomic E-state index is -0.388. The molecule has 0 heterocycles. The second-order valence-corrected chi connectivity index (χ2v) is 6.45. The fourth-order valence-corrected chi connectivity index (χ4v) is 2.52. The minimum Gasteiger partial charge on any atom is -0.483 e. The van der Waals surface area contributed by atoms with Gasteiger partial charge in [0, 0.05) is 16.8 Å². The van der Waals surface area contributed by atoms with Gasteiger partial charge in [0.2, 0.25) is 0 Å². The molecule has 152 valence electrons. The number of para-hydroxylation sites is 1. The van der Waals surface area contributed by atoms with Gasteiger partial charge in [0.25, 0.3) is 11.8 Å². The number of hydrogen-bond donors (Lipinski definition) is 2. The summed E-state index contributed by atoms with van der Waals surface area (Å²) in [7, 11) is 0. The molecule has 3 aromatic rings. The van der Waals surface area contributed by atoms with Crippen molar-refractivity contribution in [3.8, 4) is 5.75 Å². The smallest absolute Gasteiger partial charge is 0.271 e. The summed E-state index contributed by atoms with van der Waals surface area (Å²) in [5, 5.41) is 6.58. The van der Waals surface area contributed by atoms with E-state index in [1.807, 2.05) is 19.1 Å². The zero-order valence-electron chi connectivity index (χ0n) is 16.3. The molecule has 2 N–H and O–H groups in total. The van der Waals surface area contributed by atoms with Crippen LogP contribution in [0.15, 0.2) is 77.9 Å². The highest BCUT2D eigenvalue weighted by atomic mass is 19.1. The molecule has 0 radical (unpaired) electrons. The number of aryl methyl sites for hydroxylation is 1. The summed E-state index contributed by atoms with van der Waals surface area (Å²) < 4.78 is 18.5. The first-order valence-electron chi connectivity index (χ1n) is 9.18. The number of nitrogens with zero attached hydrogens (tertiary/aromatic N) is 1. The lowest BCUT2D eigenvalue weighted by Crippen LogP contribution is -2.20. The summed E-state index contributed by atoms with van der Waals surface area (Å²) in [5.41, 5.74) is 5.09. The normalized spacial score (nSPS) is 10.6. The monoisotopic (exact) mass is 405 g/mol. The van der Waals surface area contributed by atoms with E-state index in [2.05, 4.69) is 15.8 Å². The molecule has 3 rings (SSSR count). The van der Waals surface area contributed by atoms with Gasteiger partial charge in [-0.2, -0.15) is 5.10 Å². The molecule has 0 aliphatic heterocycles. The molecular formula is C23H20FN3O3. The first-order valence-corrected chi connectivity index (χ1v) is 9.18. The van der Waals surface area contributed by atoms with Crippen molar-refractivity contribution in [2.45, 2.75) is 6.92 Å². The van der Waals surface area contributed by atoms with E-state index < -0.39 is 0 Å². The van der Waals surface area contributed by atoms with Crippen LogP contribution in [0, 0.1) is 12.7 Å². The maximum absolute atomic E-state index is 12.9. The number of nitrogens with one attached hydrogen (secondary N) is 2. The number of anilines is 1. The molecular weight excluding hydrogens is 385 g/mol. The Morgan fingerprint density at radius 3 is 2.43 bits per heavy atom. The average molecular weight is 405 g/mol. The Morgan fingerprint density at radius 2 is 1.70 bits per heavy atom. The summed E-state index contributed by atoms with van der Waals surface area (Å²) in [5.74, 6) is -0.670. The van der Waals surface area contributed by atoms with Crippen LogP contribution in [-0.2, 0) is 4.79 Å². The summed E-state index contributed by atoms with van der Waals surface area (Å²) >= 11 is 0. The second kappa shape index (κ2) is 9.97. The van der Waals surface area contributed by atoms with E-state index in [9.17, 15) is 14.0 Å². The fraction of sp³-hybridized carbons (Fsp3) is 0.0870. The number of hydrazone groups is 1.